The maximum atomic E-state index is 13.8. The van der Waals surface area contributed by atoms with Crippen molar-refractivity contribution in [2.75, 3.05) is 26.1 Å². The van der Waals surface area contributed by atoms with Gasteiger partial charge in [-0.15, -0.1) is 5.10 Å². The molecule has 15 nitrogen and oxygen atoms in total. The molecule has 0 unspecified atom stereocenters. The number of carboxylic acids is 1. The topological polar surface area (TPSA) is 184 Å². The summed E-state index contributed by atoms with van der Waals surface area (Å²) >= 11 is 1.05. The maximum Gasteiger partial charge on any atom is 0.355 e. The Balaban J connectivity index is 1.42. The number of amides is 2. The lowest BCUT2D eigenvalue weighted by Gasteiger charge is -2.55. The fourth-order valence-electron chi connectivity index (χ4n) is 4.91. The molecule has 3 heterocycles. The molecular formula is C29H30N6O9S. The highest BCUT2D eigenvalue weighted by atomic mass is 32.2. The Labute approximate surface area is 261 Å². The summed E-state index contributed by atoms with van der Waals surface area (Å²) in [4.78, 5) is 53.1. The summed E-state index contributed by atoms with van der Waals surface area (Å²) in [6, 6.07) is 14.0. The molecule has 45 heavy (non-hydrogen) atoms. The molecule has 2 aliphatic heterocycles. The number of esters is 1. The van der Waals surface area contributed by atoms with Gasteiger partial charge in [-0.1, -0.05) is 53.7 Å². The summed E-state index contributed by atoms with van der Waals surface area (Å²) in [5, 5.41) is 23.0. The average molecular weight is 639 g/mol. The molecular weight excluding hydrogens is 608 g/mol. The number of rotatable bonds is 13. The Morgan fingerprint density at radius 3 is 2.73 bits per heavy atom. The lowest BCUT2D eigenvalue weighted by atomic mass is 9.94. The summed E-state index contributed by atoms with van der Waals surface area (Å²) in [6.45, 7) is 3.34. The van der Waals surface area contributed by atoms with E-state index in [-0.39, 0.29) is 35.4 Å². The van der Waals surface area contributed by atoms with E-state index in [2.05, 4.69) is 20.8 Å². The first-order chi connectivity index (χ1) is 21.7. The molecule has 5 rings (SSSR count). The number of tetrazole rings is 1. The Morgan fingerprint density at radius 2 is 2.00 bits per heavy atom. The molecule has 1 aromatic heterocycles. The molecule has 16 heteroatoms. The van der Waals surface area contributed by atoms with Crippen molar-refractivity contribution in [2.24, 2.45) is 0 Å². The Hall–Kier alpha value is -4.80. The van der Waals surface area contributed by atoms with E-state index in [0.29, 0.717) is 17.9 Å². The van der Waals surface area contributed by atoms with Crippen LogP contribution in [0.5, 0.6) is 5.75 Å². The fourth-order valence-corrected chi connectivity index (χ4v) is 5.78. The summed E-state index contributed by atoms with van der Waals surface area (Å²) in [7, 11) is 1.25. The van der Waals surface area contributed by atoms with Crippen LogP contribution >= 0.6 is 11.8 Å². The van der Waals surface area contributed by atoms with Crippen molar-refractivity contribution in [1.82, 2.24) is 30.4 Å². The van der Waals surface area contributed by atoms with Gasteiger partial charge in [0, 0.05) is 12.9 Å². The van der Waals surface area contributed by atoms with Gasteiger partial charge >= 0.3 is 11.9 Å². The molecule has 3 aromatic rings. The van der Waals surface area contributed by atoms with Crippen molar-refractivity contribution in [2.45, 2.75) is 44.1 Å². The minimum atomic E-state index is -1.94. The number of carbonyl (C=O) groups excluding carboxylic acids is 3. The van der Waals surface area contributed by atoms with Crippen molar-refractivity contribution < 1.29 is 43.2 Å². The van der Waals surface area contributed by atoms with E-state index in [1.54, 1.807) is 37.3 Å². The van der Waals surface area contributed by atoms with Gasteiger partial charge in [-0.3, -0.25) is 19.3 Å². The first-order valence-corrected chi connectivity index (χ1v) is 14.8. The van der Waals surface area contributed by atoms with Crippen LogP contribution in [-0.2, 0) is 41.7 Å². The van der Waals surface area contributed by atoms with E-state index < -0.39 is 42.3 Å². The van der Waals surface area contributed by atoms with E-state index in [1.165, 1.54) is 7.11 Å². The number of β-lactam (4-membered cyclic amide) rings is 1. The van der Waals surface area contributed by atoms with E-state index in [1.807, 2.05) is 25.1 Å². The standard InChI is InChI=1S/C29H30N6O9S/c1-4-42-21-11-6-5-10-20(21)24(38)30-29(41-3)26(40)35-23(25(39)43-14-18-9-7-8-17(2)12-18)19(15-44-27(29)35)16-45-28-31-32-33-34(28)13-22(36)37/h5-12,27H,4,13-16H2,1-3H3,(H,30,38)(H,36,37)/t27-,29+/m1/s1. The first kappa shape index (κ1) is 31.6. The van der Waals surface area contributed by atoms with E-state index >= 15 is 0 Å². The lowest BCUT2D eigenvalue weighted by molar-refractivity contribution is -0.256. The normalized spacial score (nSPS) is 19.0. The number of aromatic nitrogens is 4. The van der Waals surface area contributed by atoms with Gasteiger partial charge in [-0.2, -0.15) is 0 Å². The highest BCUT2D eigenvalue weighted by Gasteiger charge is 2.67. The third kappa shape index (κ3) is 6.38. The second-order valence-corrected chi connectivity index (χ2v) is 10.9. The molecule has 0 saturated carbocycles. The van der Waals surface area contributed by atoms with Crippen LogP contribution in [0.1, 0.15) is 28.4 Å². The number of para-hydroxylation sites is 1. The van der Waals surface area contributed by atoms with Gasteiger partial charge in [0.2, 0.25) is 5.16 Å². The molecule has 2 N–H and O–H groups in total. The highest BCUT2D eigenvalue weighted by molar-refractivity contribution is 7.99. The van der Waals surface area contributed by atoms with Gasteiger partial charge < -0.3 is 29.4 Å². The van der Waals surface area contributed by atoms with Crippen LogP contribution in [0.15, 0.2) is 65.0 Å². The molecule has 2 aromatic carbocycles. The number of carboxylic acid groups (broad SMARTS) is 1. The number of fused-ring (bicyclic) bond motifs is 1. The second kappa shape index (κ2) is 13.5. The Morgan fingerprint density at radius 1 is 1.20 bits per heavy atom. The molecule has 2 aliphatic rings. The van der Waals surface area contributed by atoms with Crippen molar-refractivity contribution in [1.29, 1.82) is 0 Å². The summed E-state index contributed by atoms with van der Waals surface area (Å²) in [6.07, 6.45) is -1.20. The number of nitrogens with one attached hydrogen (secondary N) is 1. The van der Waals surface area contributed by atoms with E-state index in [0.717, 1.165) is 32.5 Å². The van der Waals surface area contributed by atoms with Crippen LogP contribution in [0.25, 0.3) is 0 Å². The predicted molar refractivity (Wildman–Crippen MR) is 156 cm³/mol. The van der Waals surface area contributed by atoms with Gasteiger partial charge in [0.05, 0.1) is 18.8 Å². The van der Waals surface area contributed by atoms with Crippen molar-refractivity contribution in [3.63, 3.8) is 0 Å². The number of aryl methyl sites for hydroxylation is 1. The lowest BCUT2D eigenvalue weighted by Crippen LogP contribution is -2.82. The number of thioether (sulfide) groups is 1. The SMILES string of the molecule is CCOc1ccccc1C(=O)N[C@]1(OC)C(=O)N2C(C(=O)OCc3cccc(C)c3)=C(CSc3nnnn3CC(=O)O)CO[C@@H]21. The molecule has 2 atom stereocenters. The number of aliphatic carboxylic acids is 1. The minimum Gasteiger partial charge on any atom is -0.493 e. The quantitative estimate of drug-likeness (QED) is 0.119. The molecule has 0 spiro atoms. The fraction of sp³-hybridized carbons (Fsp3) is 0.345. The summed E-state index contributed by atoms with van der Waals surface area (Å²) in [5.74, 6) is -2.95. The van der Waals surface area contributed by atoms with Crippen LogP contribution < -0.4 is 10.1 Å². The molecule has 2 amide bonds. The number of benzene rings is 2. The third-order valence-electron chi connectivity index (χ3n) is 6.97. The molecule has 1 fully saturated rings. The van der Waals surface area contributed by atoms with Crippen LogP contribution in [0.3, 0.4) is 0 Å². The minimum absolute atomic E-state index is 0.0550. The monoisotopic (exact) mass is 638 g/mol. The highest BCUT2D eigenvalue weighted by Crippen LogP contribution is 2.42. The number of hydrogen-bond acceptors (Lipinski definition) is 12. The van der Waals surface area contributed by atoms with Crippen LogP contribution in [0, 0.1) is 6.92 Å². The van der Waals surface area contributed by atoms with E-state index in [9.17, 15) is 19.2 Å². The third-order valence-corrected chi connectivity index (χ3v) is 8.01. The smallest absolute Gasteiger partial charge is 0.355 e. The number of hydrogen-bond donors (Lipinski definition) is 2. The van der Waals surface area contributed by atoms with Crippen molar-refractivity contribution in [3.05, 3.63) is 76.5 Å². The number of ether oxygens (including phenoxy) is 4. The average Bonchev–Trinajstić information content (AvgIpc) is 3.47. The van der Waals surface area contributed by atoms with Gasteiger partial charge in [0.25, 0.3) is 17.5 Å². The zero-order valence-electron chi connectivity index (χ0n) is 24.6. The number of carbonyl (C=O) groups is 4. The largest absolute Gasteiger partial charge is 0.493 e. The summed E-state index contributed by atoms with van der Waals surface area (Å²) < 4.78 is 23.9. The van der Waals surface area contributed by atoms with Crippen LogP contribution in [-0.4, -0.2) is 92.0 Å². The second-order valence-electron chi connectivity index (χ2n) is 9.98. The molecule has 0 radical (unpaired) electrons. The van der Waals surface area contributed by atoms with E-state index in [4.69, 9.17) is 24.1 Å². The predicted octanol–water partition coefficient (Wildman–Crippen LogP) is 1.53. The first-order valence-electron chi connectivity index (χ1n) is 13.8. The summed E-state index contributed by atoms with van der Waals surface area (Å²) in [5.41, 5.74) is 0.254. The number of nitrogens with zero attached hydrogens (tertiary/aromatic N) is 5. The van der Waals surface area contributed by atoms with Gasteiger partial charge in [0.1, 0.15) is 24.6 Å². The zero-order valence-corrected chi connectivity index (χ0v) is 25.4. The van der Waals surface area contributed by atoms with Crippen molar-refractivity contribution in [3.8, 4) is 5.75 Å². The molecule has 1 saturated heterocycles. The Bertz CT molecular complexity index is 1660. The van der Waals surface area contributed by atoms with Gasteiger partial charge in [0.15, 0.2) is 6.23 Å². The Kier molecular flexibility index (Phi) is 9.45. The van der Waals surface area contributed by atoms with Gasteiger partial charge in [-0.05, 0) is 47.5 Å². The van der Waals surface area contributed by atoms with Crippen LogP contribution in [0.4, 0.5) is 0 Å². The zero-order chi connectivity index (χ0) is 32.1. The van der Waals surface area contributed by atoms with Gasteiger partial charge in [-0.25, -0.2) is 9.48 Å². The van der Waals surface area contributed by atoms with Crippen molar-refractivity contribution >= 4 is 35.5 Å². The molecule has 0 bridgehead atoms. The molecule has 0 aliphatic carbocycles. The molecule has 236 valence electrons. The maximum absolute atomic E-state index is 13.8. The number of methoxy groups -OCH3 is 1. The van der Waals surface area contributed by atoms with Crippen LogP contribution in [0.2, 0.25) is 0 Å².